The van der Waals surface area contributed by atoms with Crippen LogP contribution < -0.4 is 0 Å². The zero-order valence-corrected chi connectivity index (χ0v) is 14.2. The van der Waals surface area contributed by atoms with Crippen LogP contribution in [0.3, 0.4) is 0 Å². The molecule has 0 bridgehead atoms. The van der Waals surface area contributed by atoms with Gasteiger partial charge in [0.25, 0.3) is 11.8 Å². The number of carbonyl (C=O) groups excluding carboxylic acids is 5. The summed E-state index contributed by atoms with van der Waals surface area (Å²) in [4.78, 5) is 61.5. The van der Waals surface area contributed by atoms with Crippen molar-refractivity contribution in [3.63, 3.8) is 0 Å². The van der Waals surface area contributed by atoms with Gasteiger partial charge in [0, 0.05) is 19.3 Å². The summed E-state index contributed by atoms with van der Waals surface area (Å²) in [6.07, 6.45) is 0.314. The van der Waals surface area contributed by atoms with Gasteiger partial charge in [0.15, 0.2) is 0 Å². The zero-order chi connectivity index (χ0) is 19.2. The second-order valence-electron chi connectivity index (χ2n) is 6.24. The van der Waals surface area contributed by atoms with Crippen LogP contribution in [-0.2, 0) is 38.3 Å². The molecule has 2 rings (SSSR count). The SMILES string of the molecule is O=C(CCC(=O)ON1C(=O)CCC1=O)OCCCC1(O)CCOC(=O)C1. The number of amides is 2. The fourth-order valence-corrected chi connectivity index (χ4v) is 2.65. The molecule has 2 amide bonds. The van der Waals surface area contributed by atoms with E-state index in [4.69, 9.17) is 9.47 Å². The van der Waals surface area contributed by atoms with E-state index in [0.29, 0.717) is 17.9 Å². The molecule has 2 heterocycles. The highest BCUT2D eigenvalue weighted by molar-refractivity contribution is 6.01. The lowest BCUT2D eigenvalue weighted by atomic mass is 9.89. The van der Waals surface area contributed by atoms with Crippen LogP contribution in [0.5, 0.6) is 0 Å². The summed E-state index contributed by atoms with van der Waals surface area (Å²) in [5.74, 6) is -3.15. The minimum atomic E-state index is -1.14. The summed E-state index contributed by atoms with van der Waals surface area (Å²) in [6, 6.07) is 0. The van der Waals surface area contributed by atoms with E-state index in [2.05, 4.69) is 4.84 Å². The molecule has 10 nitrogen and oxygen atoms in total. The minimum absolute atomic E-state index is 0.00176. The van der Waals surface area contributed by atoms with E-state index in [1.165, 1.54) is 0 Å². The first-order valence-electron chi connectivity index (χ1n) is 8.39. The Labute approximate surface area is 149 Å². The lowest BCUT2D eigenvalue weighted by Gasteiger charge is -2.30. The highest BCUT2D eigenvalue weighted by Gasteiger charge is 2.34. The Hall–Kier alpha value is -2.49. The topological polar surface area (TPSA) is 137 Å². The monoisotopic (exact) mass is 371 g/mol. The molecule has 2 saturated heterocycles. The maximum Gasteiger partial charge on any atom is 0.333 e. The molecule has 0 aromatic heterocycles. The number of hydroxylamine groups is 2. The van der Waals surface area contributed by atoms with Gasteiger partial charge in [-0.3, -0.25) is 19.2 Å². The van der Waals surface area contributed by atoms with Gasteiger partial charge >= 0.3 is 17.9 Å². The van der Waals surface area contributed by atoms with E-state index < -0.39 is 35.3 Å². The van der Waals surface area contributed by atoms with Crippen LogP contribution in [0.1, 0.15) is 51.4 Å². The molecule has 2 aliphatic rings. The van der Waals surface area contributed by atoms with Crippen LogP contribution >= 0.6 is 0 Å². The third-order valence-electron chi connectivity index (χ3n) is 4.09. The summed E-state index contributed by atoms with van der Waals surface area (Å²) >= 11 is 0. The van der Waals surface area contributed by atoms with Crippen molar-refractivity contribution in [3.05, 3.63) is 0 Å². The van der Waals surface area contributed by atoms with Gasteiger partial charge in [-0.2, -0.15) is 0 Å². The second-order valence-corrected chi connectivity index (χ2v) is 6.24. The average Bonchev–Trinajstić information content (AvgIpc) is 2.88. The number of ether oxygens (including phenoxy) is 2. The molecule has 26 heavy (non-hydrogen) atoms. The van der Waals surface area contributed by atoms with Gasteiger partial charge in [-0.1, -0.05) is 0 Å². The standard InChI is InChI=1S/C16H21NO9/c18-11-2-3-12(19)17(11)26-14(21)5-4-13(20)24-8-1-6-16(23)7-9-25-15(22)10-16/h23H,1-10H2. The Bertz CT molecular complexity index is 587. The van der Waals surface area contributed by atoms with Crippen LogP contribution in [0.15, 0.2) is 0 Å². The first kappa shape index (κ1) is 19.8. The van der Waals surface area contributed by atoms with E-state index in [-0.39, 0.29) is 51.7 Å². The van der Waals surface area contributed by atoms with Crippen LogP contribution in [-0.4, -0.2) is 58.7 Å². The molecule has 1 atom stereocenters. The minimum Gasteiger partial charge on any atom is -0.466 e. The Kier molecular flexibility index (Phi) is 6.67. The number of carbonyl (C=O) groups is 5. The molecule has 2 aliphatic heterocycles. The van der Waals surface area contributed by atoms with Crippen LogP contribution in [0.2, 0.25) is 0 Å². The van der Waals surface area contributed by atoms with Gasteiger partial charge in [0.05, 0.1) is 38.1 Å². The van der Waals surface area contributed by atoms with Gasteiger partial charge in [-0.25, -0.2) is 4.79 Å². The zero-order valence-electron chi connectivity index (χ0n) is 14.2. The van der Waals surface area contributed by atoms with Crippen LogP contribution in [0.25, 0.3) is 0 Å². The summed E-state index contributed by atoms with van der Waals surface area (Å²) in [7, 11) is 0. The summed E-state index contributed by atoms with van der Waals surface area (Å²) < 4.78 is 9.71. The molecule has 2 fully saturated rings. The van der Waals surface area contributed by atoms with Crippen molar-refractivity contribution < 1.29 is 43.4 Å². The molecule has 0 saturated carbocycles. The number of imide groups is 1. The number of hydrogen-bond donors (Lipinski definition) is 1. The molecular weight excluding hydrogens is 350 g/mol. The molecule has 144 valence electrons. The fraction of sp³-hybridized carbons (Fsp3) is 0.688. The number of aliphatic hydroxyl groups is 1. The number of rotatable bonds is 8. The number of cyclic esters (lactones) is 1. The molecule has 0 radical (unpaired) electrons. The largest absolute Gasteiger partial charge is 0.466 e. The molecule has 0 aliphatic carbocycles. The van der Waals surface area contributed by atoms with Crippen molar-refractivity contribution in [2.45, 2.75) is 57.0 Å². The first-order chi connectivity index (χ1) is 12.3. The second kappa shape index (κ2) is 8.75. The van der Waals surface area contributed by atoms with E-state index in [0.717, 1.165) is 0 Å². The highest BCUT2D eigenvalue weighted by atomic mass is 16.7. The van der Waals surface area contributed by atoms with Crippen LogP contribution in [0.4, 0.5) is 0 Å². The molecular formula is C16H21NO9. The Morgan fingerprint density at radius 2 is 1.77 bits per heavy atom. The van der Waals surface area contributed by atoms with Crippen molar-refractivity contribution in [2.24, 2.45) is 0 Å². The maximum atomic E-state index is 11.6. The van der Waals surface area contributed by atoms with E-state index in [9.17, 15) is 29.1 Å². The fourth-order valence-electron chi connectivity index (χ4n) is 2.65. The molecule has 10 heteroatoms. The average molecular weight is 371 g/mol. The first-order valence-corrected chi connectivity index (χ1v) is 8.39. The smallest absolute Gasteiger partial charge is 0.333 e. The highest BCUT2D eigenvalue weighted by Crippen LogP contribution is 2.26. The Balaban J connectivity index is 1.58. The number of nitrogens with zero attached hydrogens (tertiary/aromatic N) is 1. The van der Waals surface area contributed by atoms with Crippen molar-refractivity contribution in [2.75, 3.05) is 13.2 Å². The van der Waals surface area contributed by atoms with Gasteiger partial charge < -0.3 is 19.4 Å². The number of hydrogen-bond acceptors (Lipinski definition) is 9. The van der Waals surface area contributed by atoms with Crippen molar-refractivity contribution in [1.82, 2.24) is 5.06 Å². The van der Waals surface area contributed by atoms with Crippen LogP contribution in [0, 0.1) is 0 Å². The van der Waals surface area contributed by atoms with Crippen molar-refractivity contribution >= 4 is 29.7 Å². The lowest BCUT2D eigenvalue weighted by molar-refractivity contribution is -0.197. The van der Waals surface area contributed by atoms with E-state index in [1.54, 1.807) is 0 Å². The summed E-state index contributed by atoms with van der Waals surface area (Å²) in [5.41, 5.74) is -1.14. The van der Waals surface area contributed by atoms with Crippen molar-refractivity contribution in [1.29, 1.82) is 0 Å². The molecule has 0 aromatic carbocycles. The van der Waals surface area contributed by atoms with E-state index >= 15 is 0 Å². The number of esters is 2. The van der Waals surface area contributed by atoms with Gasteiger partial charge in [0.2, 0.25) is 0 Å². The third-order valence-corrected chi connectivity index (χ3v) is 4.09. The summed E-state index contributed by atoms with van der Waals surface area (Å²) in [6.45, 7) is 0.202. The molecule has 0 spiro atoms. The Morgan fingerprint density at radius 3 is 2.42 bits per heavy atom. The normalized spacial score (nSPS) is 23.0. The molecule has 1 unspecified atom stereocenters. The maximum absolute atomic E-state index is 11.6. The van der Waals surface area contributed by atoms with Crippen molar-refractivity contribution in [3.8, 4) is 0 Å². The van der Waals surface area contributed by atoms with E-state index in [1.807, 2.05) is 0 Å². The predicted molar refractivity (Wildman–Crippen MR) is 81.7 cm³/mol. The molecule has 1 N–H and O–H groups in total. The quantitative estimate of drug-likeness (QED) is 0.348. The molecule has 0 aromatic rings. The van der Waals surface area contributed by atoms with Gasteiger partial charge in [-0.05, 0) is 12.8 Å². The third kappa shape index (κ3) is 5.80. The lowest BCUT2D eigenvalue weighted by Crippen LogP contribution is -2.38. The predicted octanol–water partition coefficient (Wildman–Crippen LogP) is -0.235. The summed E-state index contributed by atoms with van der Waals surface area (Å²) in [5, 5.41) is 10.6. The van der Waals surface area contributed by atoms with Gasteiger partial charge in [0.1, 0.15) is 0 Å². The van der Waals surface area contributed by atoms with Gasteiger partial charge in [-0.15, -0.1) is 5.06 Å². The Morgan fingerprint density at radius 1 is 1.12 bits per heavy atom.